The molecule has 0 radical (unpaired) electrons. The van der Waals surface area contributed by atoms with Crippen LogP contribution in [-0.2, 0) is 21.2 Å². The fourth-order valence-corrected chi connectivity index (χ4v) is 5.08. The summed E-state index contributed by atoms with van der Waals surface area (Å²) in [6, 6.07) is 10.2. The second-order valence-electron chi connectivity index (χ2n) is 6.17. The summed E-state index contributed by atoms with van der Waals surface area (Å²) in [5, 5.41) is 0.380. The van der Waals surface area contributed by atoms with E-state index in [1.165, 1.54) is 34.6 Å². The molecule has 0 aliphatic carbocycles. The van der Waals surface area contributed by atoms with Crippen molar-refractivity contribution < 1.29 is 17.6 Å². The van der Waals surface area contributed by atoms with Gasteiger partial charge in [-0.15, -0.1) is 0 Å². The molecule has 27 heavy (non-hydrogen) atoms. The van der Waals surface area contributed by atoms with Gasteiger partial charge in [0.25, 0.3) is 0 Å². The molecule has 0 N–H and O–H groups in total. The molecule has 0 saturated carbocycles. The Labute approximate surface area is 167 Å². The van der Waals surface area contributed by atoms with E-state index in [1.54, 1.807) is 17.0 Å². The van der Waals surface area contributed by atoms with Crippen molar-refractivity contribution in [2.45, 2.75) is 11.3 Å². The van der Waals surface area contributed by atoms with Crippen molar-refractivity contribution in [3.8, 4) is 0 Å². The number of carbonyl (C=O) groups excluding carboxylic acids is 1. The quantitative estimate of drug-likeness (QED) is 0.747. The minimum Gasteiger partial charge on any atom is -0.340 e. The lowest BCUT2D eigenvalue weighted by molar-refractivity contribution is -0.131. The number of halogens is 3. The molecule has 0 spiro atoms. The Morgan fingerprint density at radius 1 is 1.04 bits per heavy atom. The van der Waals surface area contributed by atoms with Gasteiger partial charge in [0.1, 0.15) is 10.7 Å². The lowest BCUT2D eigenvalue weighted by Gasteiger charge is -2.34. The van der Waals surface area contributed by atoms with E-state index in [0.29, 0.717) is 5.56 Å². The lowest BCUT2D eigenvalue weighted by Crippen LogP contribution is -2.50. The van der Waals surface area contributed by atoms with E-state index >= 15 is 0 Å². The maximum atomic E-state index is 13.2. The zero-order valence-corrected chi connectivity index (χ0v) is 16.6. The normalized spacial score (nSPS) is 15.7. The standard InChI is InChI=1S/C18H17Cl2FN2O3S/c19-14-4-5-16(20)17(12-14)27(25,26)23-8-6-22(7-9-23)18(24)11-13-2-1-3-15(21)10-13/h1-5,10,12H,6-9,11H2. The monoisotopic (exact) mass is 430 g/mol. The average molecular weight is 431 g/mol. The molecule has 5 nitrogen and oxygen atoms in total. The number of hydrogen-bond acceptors (Lipinski definition) is 3. The summed E-state index contributed by atoms with van der Waals surface area (Å²) in [7, 11) is -3.80. The molecule has 1 aliphatic rings. The van der Waals surface area contributed by atoms with E-state index in [2.05, 4.69) is 0 Å². The van der Waals surface area contributed by atoms with E-state index in [4.69, 9.17) is 23.2 Å². The Balaban J connectivity index is 1.66. The third-order valence-corrected chi connectivity index (χ3v) is 6.96. The Kier molecular flexibility index (Phi) is 6.05. The number of amides is 1. The molecule has 1 heterocycles. The summed E-state index contributed by atoms with van der Waals surface area (Å²) in [5.41, 5.74) is 0.584. The second-order valence-corrected chi connectivity index (χ2v) is 8.92. The molecule has 0 unspecified atom stereocenters. The highest BCUT2D eigenvalue weighted by Crippen LogP contribution is 2.28. The van der Waals surface area contributed by atoms with Crippen molar-refractivity contribution >= 4 is 39.1 Å². The maximum Gasteiger partial charge on any atom is 0.244 e. The number of sulfonamides is 1. The number of rotatable bonds is 4. The number of nitrogens with zero attached hydrogens (tertiary/aromatic N) is 2. The minimum absolute atomic E-state index is 0.0452. The molecule has 1 aliphatic heterocycles. The molecule has 1 fully saturated rings. The van der Waals surface area contributed by atoms with Crippen LogP contribution in [0.3, 0.4) is 0 Å². The third kappa shape index (κ3) is 4.60. The van der Waals surface area contributed by atoms with Gasteiger partial charge in [-0.3, -0.25) is 4.79 Å². The van der Waals surface area contributed by atoms with Crippen LogP contribution in [0, 0.1) is 5.82 Å². The van der Waals surface area contributed by atoms with Crippen molar-refractivity contribution in [2.24, 2.45) is 0 Å². The summed E-state index contributed by atoms with van der Waals surface area (Å²) in [6.07, 6.45) is 0.0740. The highest BCUT2D eigenvalue weighted by Gasteiger charge is 2.31. The second kappa shape index (κ2) is 8.14. The number of piperazine rings is 1. The molecule has 2 aromatic rings. The molecule has 0 bridgehead atoms. The topological polar surface area (TPSA) is 57.7 Å². The van der Waals surface area contributed by atoms with Crippen LogP contribution in [0.2, 0.25) is 10.0 Å². The van der Waals surface area contributed by atoms with E-state index in [1.807, 2.05) is 0 Å². The summed E-state index contributed by atoms with van der Waals surface area (Å²) < 4.78 is 40.1. The first-order valence-electron chi connectivity index (χ1n) is 8.25. The molecule has 2 aromatic carbocycles. The van der Waals surface area contributed by atoms with Crippen molar-refractivity contribution in [3.63, 3.8) is 0 Å². The average Bonchev–Trinajstić information content (AvgIpc) is 2.63. The summed E-state index contributed by atoms with van der Waals surface area (Å²) >= 11 is 11.9. The van der Waals surface area contributed by atoms with Crippen LogP contribution in [0.4, 0.5) is 4.39 Å². The Hall–Kier alpha value is -1.67. The Bertz CT molecular complexity index is 961. The highest BCUT2D eigenvalue weighted by molar-refractivity contribution is 7.89. The molecule has 1 saturated heterocycles. The zero-order valence-electron chi connectivity index (χ0n) is 14.2. The van der Waals surface area contributed by atoms with Crippen molar-refractivity contribution in [3.05, 3.63) is 63.9 Å². The van der Waals surface area contributed by atoms with Gasteiger partial charge in [0.2, 0.25) is 15.9 Å². The summed E-state index contributed by atoms with van der Waals surface area (Å²) in [6.45, 7) is 0.817. The molecule has 3 rings (SSSR count). The molecule has 9 heteroatoms. The predicted molar refractivity (Wildman–Crippen MR) is 102 cm³/mol. The first-order valence-corrected chi connectivity index (χ1v) is 10.4. The SMILES string of the molecule is O=C(Cc1cccc(F)c1)N1CCN(S(=O)(=O)c2cc(Cl)ccc2Cl)CC1. The Morgan fingerprint density at radius 3 is 2.41 bits per heavy atom. The van der Waals surface area contributed by atoms with Crippen LogP contribution in [0.5, 0.6) is 0 Å². The summed E-state index contributed by atoms with van der Waals surface area (Å²) in [4.78, 5) is 13.9. The van der Waals surface area contributed by atoms with Gasteiger partial charge in [0, 0.05) is 31.2 Å². The molecule has 0 aromatic heterocycles. The largest absolute Gasteiger partial charge is 0.340 e. The lowest BCUT2D eigenvalue weighted by atomic mass is 10.1. The summed E-state index contributed by atoms with van der Waals surface area (Å²) in [5.74, 6) is -0.562. The fourth-order valence-electron chi connectivity index (χ4n) is 2.93. The predicted octanol–water partition coefficient (Wildman–Crippen LogP) is 3.21. The number of hydrogen-bond donors (Lipinski definition) is 0. The van der Waals surface area contributed by atoms with E-state index in [-0.39, 0.29) is 53.4 Å². The van der Waals surface area contributed by atoms with Gasteiger partial charge in [-0.1, -0.05) is 35.3 Å². The van der Waals surface area contributed by atoms with Gasteiger partial charge in [-0.05, 0) is 35.9 Å². The minimum atomic E-state index is -3.80. The van der Waals surface area contributed by atoms with Crippen LogP contribution < -0.4 is 0 Å². The van der Waals surface area contributed by atoms with Crippen molar-refractivity contribution in [1.29, 1.82) is 0 Å². The van der Waals surface area contributed by atoms with Crippen LogP contribution in [0.25, 0.3) is 0 Å². The van der Waals surface area contributed by atoms with Crippen molar-refractivity contribution in [1.82, 2.24) is 9.21 Å². The van der Waals surface area contributed by atoms with Crippen molar-refractivity contribution in [2.75, 3.05) is 26.2 Å². The van der Waals surface area contributed by atoms with Gasteiger partial charge >= 0.3 is 0 Å². The van der Waals surface area contributed by atoms with Crippen LogP contribution >= 0.6 is 23.2 Å². The van der Waals surface area contributed by atoms with Gasteiger partial charge in [0.15, 0.2) is 0 Å². The van der Waals surface area contributed by atoms with Crippen LogP contribution in [0.1, 0.15) is 5.56 Å². The van der Waals surface area contributed by atoms with E-state index in [0.717, 1.165) is 0 Å². The molecule has 0 atom stereocenters. The number of carbonyl (C=O) groups is 1. The maximum absolute atomic E-state index is 13.2. The highest BCUT2D eigenvalue weighted by atomic mass is 35.5. The molecule has 144 valence electrons. The fraction of sp³-hybridized carbons (Fsp3) is 0.278. The zero-order chi connectivity index (χ0) is 19.6. The number of benzene rings is 2. The Morgan fingerprint density at radius 2 is 1.74 bits per heavy atom. The third-order valence-electron chi connectivity index (χ3n) is 4.35. The first kappa shape index (κ1) is 20.1. The van der Waals surface area contributed by atoms with E-state index < -0.39 is 15.8 Å². The molecule has 1 amide bonds. The van der Waals surface area contributed by atoms with Gasteiger partial charge in [0.05, 0.1) is 11.4 Å². The van der Waals surface area contributed by atoms with Crippen LogP contribution in [-0.4, -0.2) is 49.7 Å². The molecular weight excluding hydrogens is 414 g/mol. The van der Waals surface area contributed by atoms with E-state index in [9.17, 15) is 17.6 Å². The van der Waals surface area contributed by atoms with Crippen LogP contribution in [0.15, 0.2) is 47.4 Å². The van der Waals surface area contributed by atoms with Gasteiger partial charge in [-0.2, -0.15) is 4.31 Å². The van der Waals surface area contributed by atoms with Gasteiger partial charge in [-0.25, -0.2) is 12.8 Å². The smallest absolute Gasteiger partial charge is 0.244 e. The van der Waals surface area contributed by atoms with Gasteiger partial charge < -0.3 is 4.90 Å². The first-order chi connectivity index (χ1) is 12.8. The molecular formula is C18H17Cl2FN2O3S.